The van der Waals surface area contributed by atoms with Crippen molar-refractivity contribution in [1.29, 1.82) is 0 Å². The van der Waals surface area contributed by atoms with Gasteiger partial charge in [-0.25, -0.2) is 0 Å². The van der Waals surface area contributed by atoms with Gasteiger partial charge in [-0.3, -0.25) is 9.59 Å². The van der Waals surface area contributed by atoms with Gasteiger partial charge in [0, 0.05) is 17.7 Å². The molecule has 2 rings (SSSR count). The zero-order chi connectivity index (χ0) is 15.9. The number of aromatic nitrogens is 2. The summed E-state index contributed by atoms with van der Waals surface area (Å²) in [6.07, 6.45) is 1.25. The fraction of sp³-hybridized carbons (Fsp3) is 0.250. The smallest absolute Gasteiger partial charge is 0.225 e. The van der Waals surface area contributed by atoms with E-state index in [1.807, 2.05) is 6.92 Å². The van der Waals surface area contributed by atoms with Crippen molar-refractivity contribution in [3.05, 3.63) is 42.0 Å². The van der Waals surface area contributed by atoms with Crippen LogP contribution in [0.2, 0.25) is 0 Å². The molecule has 114 valence electrons. The van der Waals surface area contributed by atoms with Gasteiger partial charge < -0.3 is 10.6 Å². The summed E-state index contributed by atoms with van der Waals surface area (Å²) in [7, 11) is 0. The van der Waals surface area contributed by atoms with E-state index in [2.05, 4.69) is 20.8 Å². The SMILES string of the molecule is CCCC(=O)Nc1ccc(Nc2ccc(C(C)=O)cc2)nn1. The predicted molar refractivity (Wildman–Crippen MR) is 85.3 cm³/mol. The van der Waals surface area contributed by atoms with Gasteiger partial charge in [-0.05, 0) is 49.7 Å². The maximum atomic E-state index is 11.5. The van der Waals surface area contributed by atoms with E-state index >= 15 is 0 Å². The van der Waals surface area contributed by atoms with Crippen LogP contribution >= 0.6 is 0 Å². The number of benzene rings is 1. The zero-order valence-corrected chi connectivity index (χ0v) is 12.6. The third kappa shape index (κ3) is 4.37. The molecule has 0 aliphatic heterocycles. The second-order valence-electron chi connectivity index (χ2n) is 4.86. The Morgan fingerprint density at radius 3 is 2.18 bits per heavy atom. The Kier molecular flexibility index (Phi) is 5.19. The van der Waals surface area contributed by atoms with Crippen LogP contribution in [0.4, 0.5) is 17.3 Å². The summed E-state index contributed by atoms with van der Waals surface area (Å²) in [6.45, 7) is 3.47. The standard InChI is InChI=1S/C16H18N4O2/c1-3-4-16(22)18-15-10-9-14(19-20-15)17-13-7-5-12(6-8-13)11(2)21/h5-10H,3-4H2,1-2H3,(H,17,19)(H,18,20,22). The summed E-state index contributed by atoms with van der Waals surface area (Å²) in [5.41, 5.74) is 1.47. The number of hydrogen-bond acceptors (Lipinski definition) is 5. The van der Waals surface area contributed by atoms with Crippen LogP contribution in [0.25, 0.3) is 0 Å². The van der Waals surface area contributed by atoms with Crippen LogP contribution in [0.15, 0.2) is 36.4 Å². The largest absolute Gasteiger partial charge is 0.339 e. The van der Waals surface area contributed by atoms with Crippen LogP contribution in [0.1, 0.15) is 37.0 Å². The molecule has 2 aromatic rings. The van der Waals surface area contributed by atoms with Crippen LogP contribution in [0, 0.1) is 0 Å². The fourth-order valence-corrected chi connectivity index (χ4v) is 1.83. The predicted octanol–water partition coefficient (Wildman–Crippen LogP) is 3.16. The quantitative estimate of drug-likeness (QED) is 0.800. The van der Waals surface area contributed by atoms with Crippen molar-refractivity contribution < 1.29 is 9.59 Å². The van der Waals surface area contributed by atoms with Gasteiger partial charge in [-0.2, -0.15) is 0 Å². The second kappa shape index (κ2) is 7.31. The molecule has 1 amide bonds. The van der Waals surface area contributed by atoms with Crippen molar-refractivity contribution in [2.45, 2.75) is 26.7 Å². The minimum Gasteiger partial charge on any atom is -0.339 e. The highest BCUT2D eigenvalue weighted by molar-refractivity contribution is 5.94. The fourth-order valence-electron chi connectivity index (χ4n) is 1.83. The summed E-state index contributed by atoms with van der Waals surface area (Å²) < 4.78 is 0. The molecule has 1 aromatic heterocycles. The number of amides is 1. The average Bonchev–Trinajstić information content (AvgIpc) is 2.50. The molecule has 0 bridgehead atoms. The van der Waals surface area contributed by atoms with Gasteiger partial charge in [0.2, 0.25) is 5.91 Å². The number of carbonyl (C=O) groups is 2. The number of Topliss-reactive ketones (excluding diaryl/α,β-unsaturated/α-hetero) is 1. The molecular weight excluding hydrogens is 280 g/mol. The second-order valence-corrected chi connectivity index (χ2v) is 4.86. The summed E-state index contributed by atoms with van der Waals surface area (Å²) >= 11 is 0. The summed E-state index contributed by atoms with van der Waals surface area (Å²) in [4.78, 5) is 22.7. The Labute approximate surface area is 129 Å². The highest BCUT2D eigenvalue weighted by Crippen LogP contribution is 2.16. The first-order chi connectivity index (χ1) is 10.6. The van der Waals surface area contributed by atoms with Crippen LogP contribution in [0.3, 0.4) is 0 Å². The van der Waals surface area contributed by atoms with Crippen molar-refractivity contribution in [3.63, 3.8) is 0 Å². The first kappa shape index (κ1) is 15.6. The van der Waals surface area contributed by atoms with Gasteiger partial charge >= 0.3 is 0 Å². The number of carbonyl (C=O) groups excluding carboxylic acids is 2. The van der Waals surface area contributed by atoms with Gasteiger partial charge in [0.15, 0.2) is 17.4 Å². The molecule has 0 unspecified atom stereocenters. The van der Waals surface area contributed by atoms with E-state index in [0.29, 0.717) is 23.6 Å². The maximum Gasteiger partial charge on any atom is 0.225 e. The van der Waals surface area contributed by atoms with Crippen LogP contribution in [-0.2, 0) is 4.79 Å². The molecule has 0 aliphatic rings. The lowest BCUT2D eigenvalue weighted by Crippen LogP contribution is -2.12. The molecule has 0 saturated carbocycles. The molecular formula is C16H18N4O2. The topological polar surface area (TPSA) is 84.0 Å². The van der Waals surface area contributed by atoms with Gasteiger partial charge in [0.1, 0.15) is 0 Å². The van der Waals surface area contributed by atoms with Crippen LogP contribution in [0.5, 0.6) is 0 Å². The van der Waals surface area contributed by atoms with Crippen molar-refractivity contribution in [1.82, 2.24) is 10.2 Å². The lowest BCUT2D eigenvalue weighted by atomic mass is 10.1. The summed E-state index contributed by atoms with van der Waals surface area (Å²) in [5.74, 6) is 0.941. The Bertz CT molecular complexity index is 651. The van der Waals surface area contributed by atoms with Crippen LogP contribution in [-0.4, -0.2) is 21.9 Å². The normalized spacial score (nSPS) is 10.1. The third-order valence-electron chi connectivity index (χ3n) is 2.97. The van der Waals surface area contributed by atoms with Crippen LogP contribution < -0.4 is 10.6 Å². The van der Waals surface area contributed by atoms with E-state index in [9.17, 15) is 9.59 Å². The average molecular weight is 298 g/mol. The molecule has 1 heterocycles. The maximum absolute atomic E-state index is 11.5. The van der Waals surface area contributed by atoms with Gasteiger partial charge in [0.25, 0.3) is 0 Å². The summed E-state index contributed by atoms with van der Waals surface area (Å²) in [5, 5.41) is 13.7. The monoisotopic (exact) mass is 298 g/mol. The minimum absolute atomic E-state index is 0.0264. The van der Waals surface area contributed by atoms with E-state index in [1.165, 1.54) is 6.92 Å². The van der Waals surface area contributed by atoms with Gasteiger partial charge in [0.05, 0.1) is 0 Å². The van der Waals surface area contributed by atoms with Crippen molar-refractivity contribution >= 4 is 29.0 Å². The van der Waals surface area contributed by atoms with Gasteiger partial charge in [-0.1, -0.05) is 6.92 Å². The van der Waals surface area contributed by atoms with Crippen molar-refractivity contribution in [3.8, 4) is 0 Å². The molecule has 22 heavy (non-hydrogen) atoms. The molecule has 6 nitrogen and oxygen atoms in total. The van der Waals surface area contributed by atoms with E-state index in [-0.39, 0.29) is 11.7 Å². The number of nitrogens with zero attached hydrogens (tertiary/aromatic N) is 2. The lowest BCUT2D eigenvalue weighted by molar-refractivity contribution is -0.116. The van der Waals surface area contributed by atoms with E-state index in [0.717, 1.165) is 12.1 Å². The Hall–Kier alpha value is -2.76. The first-order valence-corrected chi connectivity index (χ1v) is 7.10. The minimum atomic E-state index is -0.0719. The number of anilines is 3. The molecule has 0 aliphatic carbocycles. The highest BCUT2D eigenvalue weighted by atomic mass is 16.1. The molecule has 2 N–H and O–H groups in total. The molecule has 0 atom stereocenters. The number of ketones is 1. The van der Waals surface area contributed by atoms with E-state index < -0.39 is 0 Å². The number of hydrogen-bond donors (Lipinski definition) is 2. The Balaban J connectivity index is 1.98. The molecule has 6 heteroatoms. The molecule has 0 fully saturated rings. The Morgan fingerprint density at radius 1 is 1.00 bits per heavy atom. The summed E-state index contributed by atoms with van der Waals surface area (Å²) in [6, 6.07) is 10.5. The molecule has 0 radical (unpaired) electrons. The number of rotatable bonds is 6. The molecule has 1 aromatic carbocycles. The van der Waals surface area contributed by atoms with Crippen molar-refractivity contribution in [2.75, 3.05) is 10.6 Å². The first-order valence-electron chi connectivity index (χ1n) is 7.10. The van der Waals surface area contributed by atoms with Gasteiger partial charge in [-0.15, -0.1) is 10.2 Å². The molecule has 0 spiro atoms. The zero-order valence-electron chi connectivity index (χ0n) is 12.6. The third-order valence-corrected chi connectivity index (χ3v) is 2.97. The Morgan fingerprint density at radius 2 is 1.64 bits per heavy atom. The number of nitrogens with one attached hydrogen (secondary N) is 2. The van der Waals surface area contributed by atoms with Crippen molar-refractivity contribution in [2.24, 2.45) is 0 Å². The van der Waals surface area contributed by atoms with E-state index in [4.69, 9.17) is 0 Å². The lowest BCUT2D eigenvalue weighted by Gasteiger charge is -2.07. The van der Waals surface area contributed by atoms with E-state index in [1.54, 1.807) is 36.4 Å². The molecule has 0 saturated heterocycles. The highest BCUT2D eigenvalue weighted by Gasteiger charge is 2.04.